The fourth-order valence-corrected chi connectivity index (χ4v) is 3.26. The van der Waals surface area contributed by atoms with E-state index < -0.39 is 11.6 Å². The van der Waals surface area contributed by atoms with E-state index in [4.69, 9.17) is 14.2 Å². The minimum atomic E-state index is -0.984. The summed E-state index contributed by atoms with van der Waals surface area (Å²) in [7, 11) is 6.28. The van der Waals surface area contributed by atoms with Crippen LogP contribution in [-0.2, 0) is 0 Å². The number of H-pyrrole nitrogens is 1. The monoisotopic (exact) mass is 442 g/mol. The molecule has 32 heavy (non-hydrogen) atoms. The number of fused-ring (bicyclic) bond motifs is 1. The van der Waals surface area contributed by atoms with E-state index in [1.54, 1.807) is 36.3 Å². The van der Waals surface area contributed by atoms with Gasteiger partial charge < -0.3 is 24.4 Å². The molecule has 0 bridgehead atoms. The Morgan fingerprint density at radius 2 is 1.72 bits per heavy atom. The number of nitrogens with zero attached hydrogens (tertiary/aromatic N) is 4. The molecule has 2 aromatic carbocycles. The van der Waals surface area contributed by atoms with Gasteiger partial charge in [0.2, 0.25) is 11.7 Å². The van der Waals surface area contributed by atoms with Gasteiger partial charge in [-0.2, -0.15) is 10.1 Å². The number of anilines is 4. The molecule has 0 amide bonds. The van der Waals surface area contributed by atoms with Gasteiger partial charge in [0, 0.05) is 36.5 Å². The van der Waals surface area contributed by atoms with Crippen LogP contribution in [-0.4, -0.2) is 48.5 Å². The normalized spacial score (nSPS) is 10.8. The van der Waals surface area contributed by atoms with Gasteiger partial charge in [0.15, 0.2) is 29.0 Å². The van der Waals surface area contributed by atoms with E-state index in [1.165, 1.54) is 27.4 Å². The minimum Gasteiger partial charge on any atom is -0.493 e. The molecule has 4 rings (SSSR count). The van der Waals surface area contributed by atoms with E-state index in [-0.39, 0.29) is 5.52 Å². The Morgan fingerprint density at radius 3 is 2.38 bits per heavy atom. The summed E-state index contributed by atoms with van der Waals surface area (Å²) in [6.45, 7) is 0. The molecule has 0 aliphatic carbocycles. The van der Waals surface area contributed by atoms with Crippen molar-refractivity contribution in [2.75, 3.05) is 38.6 Å². The summed E-state index contributed by atoms with van der Waals surface area (Å²) in [5, 5.41) is 10.2. The molecule has 0 aliphatic heterocycles. The highest BCUT2D eigenvalue weighted by molar-refractivity contribution is 5.92. The Bertz CT molecular complexity index is 1250. The molecule has 0 radical (unpaired) electrons. The summed E-state index contributed by atoms with van der Waals surface area (Å²) in [6.07, 6.45) is 1.56. The summed E-state index contributed by atoms with van der Waals surface area (Å²) < 4.78 is 43.6. The largest absolute Gasteiger partial charge is 0.493 e. The van der Waals surface area contributed by atoms with Crippen LogP contribution in [0, 0.1) is 11.6 Å². The molecule has 2 N–H and O–H groups in total. The average Bonchev–Trinajstić information content (AvgIpc) is 3.25. The Balaban J connectivity index is 1.66. The lowest BCUT2D eigenvalue weighted by molar-refractivity contribution is 0.324. The highest BCUT2D eigenvalue weighted by atomic mass is 19.2. The average molecular weight is 442 g/mol. The first-order chi connectivity index (χ1) is 15.5. The van der Waals surface area contributed by atoms with Gasteiger partial charge in [-0.1, -0.05) is 0 Å². The highest BCUT2D eigenvalue weighted by Crippen LogP contribution is 2.40. The van der Waals surface area contributed by atoms with Crippen molar-refractivity contribution in [3.05, 3.63) is 48.2 Å². The molecule has 0 unspecified atom stereocenters. The number of benzene rings is 2. The fraction of sp³-hybridized carbons (Fsp3) is 0.190. The first-order valence-corrected chi connectivity index (χ1v) is 9.42. The molecule has 2 aromatic heterocycles. The summed E-state index contributed by atoms with van der Waals surface area (Å²) in [5.41, 5.74) is 0.596. The molecule has 9 nitrogen and oxygen atoms in total. The van der Waals surface area contributed by atoms with E-state index in [0.29, 0.717) is 45.9 Å². The zero-order valence-electron chi connectivity index (χ0n) is 17.7. The Kier molecular flexibility index (Phi) is 5.63. The third-order valence-electron chi connectivity index (χ3n) is 4.83. The van der Waals surface area contributed by atoms with Crippen LogP contribution in [0.15, 0.2) is 36.5 Å². The van der Waals surface area contributed by atoms with Crippen molar-refractivity contribution >= 4 is 34.2 Å². The first-order valence-electron chi connectivity index (χ1n) is 9.42. The molecule has 4 aromatic rings. The van der Waals surface area contributed by atoms with Crippen molar-refractivity contribution in [2.45, 2.75) is 0 Å². The topological polar surface area (TPSA) is 97.4 Å². The second kappa shape index (κ2) is 8.53. The molecule has 0 aliphatic rings. The smallest absolute Gasteiger partial charge is 0.229 e. The van der Waals surface area contributed by atoms with E-state index in [2.05, 4.69) is 25.5 Å². The maximum absolute atomic E-state index is 14.0. The molecule has 0 atom stereocenters. The predicted octanol–water partition coefficient (Wildman–Crippen LogP) is 4.17. The van der Waals surface area contributed by atoms with Gasteiger partial charge in [-0.15, -0.1) is 0 Å². The third kappa shape index (κ3) is 3.68. The maximum Gasteiger partial charge on any atom is 0.229 e. The minimum absolute atomic E-state index is 0.0170. The predicted molar refractivity (Wildman–Crippen MR) is 115 cm³/mol. The number of nitrogens with one attached hydrogen (secondary N) is 2. The zero-order valence-corrected chi connectivity index (χ0v) is 17.7. The van der Waals surface area contributed by atoms with Crippen LogP contribution >= 0.6 is 0 Å². The molecular weight excluding hydrogens is 422 g/mol. The van der Waals surface area contributed by atoms with Crippen LogP contribution in [0.3, 0.4) is 0 Å². The van der Waals surface area contributed by atoms with Crippen LogP contribution in [0.5, 0.6) is 17.2 Å². The zero-order chi connectivity index (χ0) is 22.8. The van der Waals surface area contributed by atoms with Crippen molar-refractivity contribution in [2.24, 2.45) is 0 Å². The van der Waals surface area contributed by atoms with Crippen LogP contribution in [0.2, 0.25) is 0 Å². The van der Waals surface area contributed by atoms with E-state index in [0.717, 1.165) is 6.07 Å². The molecule has 0 fully saturated rings. The quantitative estimate of drug-likeness (QED) is 0.440. The number of halogens is 2. The van der Waals surface area contributed by atoms with Gasteiger partial charge in [-0.05, 0) is 18.2 Å². The van der Waals surface area contributed by atoms with Crippen LogP contribution in [0.4, 0.5) is 32.1 Å². The summed E-state index contributed by atoms with van der Waals surface area (Å²) in [5.74, 6) is 0.630. The highest BCUT2D eigenvalue weighted by Gasteiger charge is 2.18. The lowest BCUT2D eigenvalue weighted by atomic mass is 10.2. The Morgan fingerprint density at radius 1 is 1.00 bits per heavy atom. The van der Waals surface area contributed by atoms with Crippen LogP contribution in [0.1, 0.15) is 0 Å². The summed E-state index contributed by atoms with van der Waals surface area (Å²) >= 11 is 0. The van der Waals surface area contributed by atoms with Gasteiger partial charge in [0.1, 0.15) is 11.3 Å². The van der Waals surface area contributed by atoms with Crippen molar-refractivity contribution in [1.82, 2.24) is 20.2 Å². The first kappa shape index (κ1) is 21.1. The Hall–Kier alpha value is -4.15. The molecular formula is C21H20F2N6O3. The standard InChI is InChI=1S/C21H20F2N6O3/c1-29(20-12-5-6-13(22)17(23)18(12)27-28-20)16-7-8-24-21(26-16)25-11-9-14(30-2)19(32-4)15(10-11)31-3/h5-10H,1-4H3,(H,27,28)(H,24,25,26). The van der Waals surface area contributed by atoms with Gasteiger partial charge in [0.05, 0.1) is 21.3 Å². The second-order valence-electron chi connectivity index (χ2n) is 6.67. The lowest BCUT2D eigenvalue weighted by Crippen LogP contribution is -2.13. The number of aromatic amines is 1. The van der Waals surface area contributed by atoms with Crippen molar-refractivity contribution in [3.8, 4) is 17.2 Å². The van der Waals surface area contributed by atoms with E-state index in [9.17, 15) is 8.78 Å². The Labute approximate surface area is 182 Å². The number of ether oxygens (including phenoxy) is 3. The maximum atomic E-state index is 14.0. The number of rotatable bonds is 7. The van der Waals surface area contributed by atoms with Gasteiger partial charge >= 0.3 is 0 Å². The third-order valence-corrected chi connectivity index (χ3v) is 4.83. The van der Waals surface area contributed by atoms with Crippen molar-refractivity contribution in [3.63, 3.8) is 0 Å². The summed E-state index contributed by atoms with van der Waals surface area (Å²) in [4.78, 5) is 10.4. The van der Waals surface area contributed by atoms with Crippen molar-refractivity contribution in [1.29, 1.82) is 0 Å². The SMILES string of the molecule is COc1cc(Nc2nccc(N(C)c3n[nH]c4c(F)c(F)ccc34)n2)cc(OC)c1OC. The lowest BCUT2D eigenvalue weighted by Gasteiger charge is -2.17. The molecule has 0 saturated carbocycles. The molecule has 11 heteroatoms. The second-order valence-corrected chi connectivity index (χ2v) is 6.67. The van der Waals surface area contributed by atoms with Crippen LogP contribution in [0.25, 0.3) is 10.9 Å². The van der Waals surface area contributed by atoms with Crippen LogP contribution < -0.4 is 24.4 Å². The van der Waals surface area contributed by atoms with E-state index in [1.807, 2.05) is 0 Å². The van der Waals surface area contributed by atoms with Gasteiger partial charge in [-0.25, -0.2) is 13.8 Å². The number of hydrogen-bond donors (Lipinski definition) is 2. The fourth-order valence-electron chi connectivity index (χ4n) is 3.26. The summed E-state index contributed by atoms with van der Waals surface area (Å²) in [6, 6.07) is 7.63. The van der Waals surface area contributed by atoms with E-state index >= 15 is 0 Å². The molecule has 166 valence electrons. The number of methoxy groups -OCH3 is 3. The van der Waals surface area contributed by atoms with Crippen molar-refractivity contribution < 1.29 is 23.0 Å². The van der Waals surface area contributed by atoms with Gasteiger partial charge in [0.25, 0.3) is 0 Å². The molecule has 0 spiro atoms. The molecule has 0 saturated heterocycles. The number of hydrogen-bond acceptors (Lipinski definition) is 8. The number of aromatic nitrogens is 4. The van der Waals surface area contributed by atoms with Gasteiger partial charge in [-0.3, -0.25) is 5.10 Å². The molecule has 2 heterocycles.